The molecular weight excluding hydrogens is 483 g/mol. The summed E-state index contributed by atoms with van der Waals surface area (Å²) in [4.78, 5) is 12.7. The predicted octanol–water partition coefficient (Wildman–Crippen LogP) is 6.92. The molecule has 35 heavy (non-hydrogen) atoms. The van der Waals surface area contributed by atoms with Gasteiger partial charge in [-0.05, 0) is 77.4 Å². The second-order valence-electron chi connectivity index (χ2n) is 7.59. The fraction of sp³-hybridized carbons (Fsp3) is 0.0714. The summed E-state index contributed by atoms with van der Waals surface area (Å²) < 4.78 is 11.6. The summed E-state index contributed by atoms with van der Waals surface area (Å²) in [6.07, 6.45) is 1.57. The summed E-state index contributed by atoms with van der Waals surface area (Å²) in [5.41, 5.74) is 5.73. The van der Waals surface area contributed by atoms with E-state index in [1.807, 2.05) is 66.7 Å². The van der Waals surface area contributed by atoms with Crippen LogP contribution in [0, 0.1) is 0 Å². The first kappa shape index (κ1) is 24.3. The lowest BCUT2D eigenvalue weighted by Gasteiger charge is -2.10. The van der Waals surface area contributed by atoms with Crippen molar-refractivity contribution in [3.8, 4) is 11.5 Å². The molecule has 0 saturated heterocycles. The van der Waals surface area contributed by atoms with Gasteiger partial charge in [0.25, 0.3) is 5.91 Å². The molecule has 0 bridgehead atoms. The molecule has 4 rings (SSSR count). The Labute approximate surface area is 213 Å². The minimum Gasteiger partial charge on any atom is -0.489 e. The number of halogens is 2. The van der Waals surface area contributed by atoms with Gasteiger partial charge in [0.15, 0.2) is 0 Å². The average Bonchev–Trinajstić information content (AvgIpc) is 2.89. The van der Waals surface area contributed by atoms with Gasteiger partial charge < -0.3 is 9.47 Å². The molecule has 0 radical (unpaired) electrons. The van der Waals surface area contributed by atoms with Crippen molar-refractivity contribution in [3.63, 3.8) is 0 Å². The Bertz CT molecular complexity index is 1290. The molecule has 0 heterocycles. The van der Waals surface area contributed by atoms with Crippen LogP contribution in [0.4, 0.5) is 0 Å². The zero-order chi connectivity index (χ0) is 24.5. The van der Waals surface area contributed by atoms with Crippen LogP contribution < -0.4 is 14.9 Å². The van der Waals surface area contributed by atoms with Gasteiger partial charge in [-0.3, -0.25) is 4.79 Å². The number of hydrazone groups is 1. The number of para-hydroxylation sites is 1. The van der Waals surface area contributed by atoms with E-state index in [2.05, 4.69) is 10.5 Å². The van der Waals surface area contributed by atoms with Crippen LogP contribution in [0.1, 0.15) is 27.0 Å². The molecule has 7 heteroatoms. The number of carbonyl (C=O) groups excluding carboxylic acids is 1. The average molecular weight is 505 g/mol. The van der Waals surface area contributed by atoms with Crippen LogP contribution in [-0.4, -0.2) is 12.1 Å². The predicted molar refractivity (Wildman–Crippen MR) is 140 cm³/mol. The quantitative estimate of drug-likeness (QED) is 0.199. The second kappa shape index (κ2) is 12.1. The Kier molecular flexibility index (Phi) is 8.39. The number of hydrogen-bond donors (Lipinski definition) is 1. The second-order valence-corrected chi connectivity index (χ2v) is 8.47. The fourth-order valence-electron chi connectivity index (χ4n) is 3.14. The smallest absolute Gasteiger partial charge is 0.275 e. The van der Waals surface area contributed by atoms with Crippen LogP contribution in [0.5, 0.6) is 11.5 Å². The number of benzene rings is 4. The fourth-order valence-corrected chi connectivity index (χ4v) is 3.40. The van der Waals surface area contributed by atoms with Gasteiger partial charge in [0.05, 0.1) is 11.8 Å². The lowest BCUT2D eigenvalue weighted by molar-refractivity contribution is 0.0950. The van der Waals surface area contributed by atoms with Crippen LogP contribution in [0.25, 0.3) is 0 Å². The minimum absolute atomic E-state index is 0.317. The van der Waals surface area contributed by atoms with Gasteiger partial charge in [-0.15, -0.1) is 0 Å². The lowest BCUT2D eigenvalue weighted by Crippen LogP contribution is -2.18. The molecule has 0 aromatic heterocycles. The zero-order valence-corrected chi connectivity index (χ0v) is 20.2. The summed E-state index contributed by atoms with van der Waals surface area (Å²) in [5, 5.41) is 5.42. The third kappa shape index (κ3) is 7.34. The summed E-state index contributed by atoms with van der Waals surface area (Å²) in [7, 11) is 0. The molecule has 0 unspecified atom stereocenters. The molecule has 0 aliphatic heterocycles. The molecule has 0 aliphatic rings. The van der Waals surface area contributed by atoms with Gasteiger partial charge in [-0.2, -0.15) is 5.10 Å². The number of amides is 1. The summed E-state index contributed by atoms with van der Waals surface area (Å²) in [6.45, 7) is 0.761. The maximum atomic E-state index is 12.7. The lowest BCUT2D eigenvalue weighted by atomic mass is 10.2. The van der Waals surface area contributed by atoms with Crippen molar-refractivity contribution in [1.82, 2.24) is 5.43 Å². The molecule has 176 valence electrons. The van der Waals surface area contributed by atoms with E-state index in [4.69, 9.17) is 32.7 Å². The molecule has 4 aromatic carbocycles. The molecule has 5 nitrogen and oxygen atoms in total. The number of hydrogen-bond acceptors (Lipinski definition) is 4. The summed E-state index contributed by atoms with van der Waals surface area (Å²) in [6, 6.07) is 29.3. The van der Waals surface area contributed by atoms with E-state index in [0.29, 0.717) is 34.6 Å². The first-order valence-corrected chi connectivity index (χ1v) is 11.6. The van der Waals surface area contributed by atoms with Crippen molar-refractivity contribution in [2.75, 3.05) is 0 Å². The van der Waals surface area contributed by atoms with E-state index in [9.17, 15) is 4.79 Å². The number of ether oxygens (including phenoxy) is 2. The maximum absolute atomic E-state index is 12.7. The van der Waals surface area contributed by atoms with Gasteiger partial charge >= 0.3 is 0 Å². The summed E-state index contributed by atoms with van der Waals surface area (Å²) in [5.74, 6) is 0.834. The number of nitrogens with zero attached hydrogens (tertiary/aromatic N) is 1. The molecule has 0 atom stereocenters. The largest absolute Gasteiger partial charge is 0.489 e. The highest BCUT2D eigenvalue weighted by molar-refractivity contribution is 6.30. The number of carbonyl (C=O) groups is 1. The molecule has 0 saturated carbocycles. The van der Waals surface area contributed by atoms with Gasteiger partial charge in [-0.1, -0.05) is 59.6 Å². The number of nitrogens with one attached hydrogen (secondary N) is 1. The van der Waals surface area contributed by atoms with Gasteiger partial charge in [0.2, 0.25) is 0 Å². The first-order chi connectivity index (χ1) is 17.1. The SMILES string of the molecule is O=C(N/N=C\c1ccc(OCc2ccc(Cl)cc2)cc1)c1ccccc1OCc1ccc(Cl)cc1. The van der Waals surface area contributed by atoms with E-state index in [1.54, 1.807) is 36.5 Å². The molecule has 1 N–H and O–H groups in total. The van der Waals surface area contributed by atoms with E-state index in [-0.39, 0.29) is 5.91 Å². The van der Waals surface area contributed by atoms with Gasteiger partial charge in [0.1, 0.15) is 24.7 Å². The van der Waals surface area contributed by atoms with E-state index < -0.39 is 0 Å². The van der Waals surface area contributed by atoms with Gasteiger partial charge in [-0.25, -0.2) is 5.43 Å². The Balaban J connectivity index is 1.30. The van der Waals surface area contributed by atoms with Crippen molar-refractivity contribution >= 4 is 35.3 Å². The van der Waals surface area contributed by atoms with Crippen LogP contribution >= 0.6 is 23.2 Å². The Hall–Kier alpha value is -3.80. The van der Waals surface area contributed by atoms with E-state index >= 15 is 0 Å². The van der Waals surface area contributed by atoms with Crippen molar-refractivity contribution < 1.29 is 14.3 Å². The van der Waals surface area contributed by atoms with Crippen molar-refractivity contribution in [2.45, 2.75) is 13.2 Å². The standard InChI is InChI=1S/C28H22Cl2N2O3/c29-23-11-5-21(6-12-23)18-34-25-15-9-20(10-16-25)17-31-32-28(33)26-3-1-2-4-27(26)35-19-22-7-13-24(30)14-8-22/h1-17H,18-19H2,(H,32,33)/b31-17-. The highest BCUT2D eigenvalue weighted by Crippen LogP contribution is 2.20. The molecule has 0 fully saturated rings. The molecule has 1 amide bonds. The van der Waals surface area contributed by atoms with E-state index in [1.165, 1.54) is 0 Å². The normalized spacial score (nSPS) is 10.8. The summed E-state index contributed by atoms with van der Waals surface area (Å²) >= 11 is 11.8. The van der Waals surface area contributed by atoms with Crippen LogP contribution in [0.15, 0.2) is 102 Å². The molecule has 0 spiro atoms. The van der Waals surface area contributed by atoms with Crippen LogP contribution in [0.3, 0.4) is 0 Å². The third-order valence-electron chi connectivity index (χ3n) is 5.02. The highest BCUT2D eigenvalue weighted by Gasteiger charge is 2.11. The van der Waals surface area contributed by atoms with Gasteiger partial charge in [0, 0.05) is 10.0 Å². The third-order valence-corrected chi connectivity index (χ3v) is 5.52. The monoisotopic (exact) mass is 504 g/mol. The van der Waals surface area contributed by atoms with Crippen molar-refractivity contribution in [2.24, 2.45) is 5.10 Å². The Morgan fingerprint density at radius 1 is 0.743 bits per heavy atom. The van der Waals surface area contributed by atoms with Crippen molar-refractivity contribution in [3.05, 3.63) is 129 Å². The van der Waals surface area contributed by atoms with Crippen LogP contribution in [0.2, 0.25) is 10.0 Å². The Morgan fingerprint density at radius 2 is 1.31 bits per heavy atom. The minimum atomic E-state index is -0.365. The van der Waals surface area contributed by atoms with Crippen LogP contribution in [-0.2, 0) is 13.2 Å². The molecule has 0 aliphatic carbocycles. The van der Waals surface area contributed by atoms with E-state index in [0.717, 1.165) is 22.4 Å². The zero-order valence-electron chi connectivity index (χ0n) is 18.7. The highest BCUT2D eigenvalue weighted by atomic mass is 35.5. The van der Waals surface area contributed by atoms with Crippen molar-refractivity contribution in [1.29, 1.82) is 0 Å². The Morgan fingerprint density at radius 3 is 1.94 bits per heavy atom. The molecule has 4 aromatic rings. The maximum Gasteiger partial charge on any atom is 0.275 e. The first-order valence-electron chi connectivity index (χ1n) is 10.8. The topological polar surface area (TPSA) is 59.9 Å². The molecular formula is C28H22Cl2N2O3. The number of rotatable bonds is 9.